The van der Waals surface area contributed by atoms with E-state index < -0.39 is 11.2 Å². The standard InChI is InChI=1S/C21H30N2O3S/c1-14(2)12-25-19-9-17(10-20(11-19)26-15(3)4)16(5)22-21-8-7-18(23-21)13-27(6)24/h7,9-11,14-15H,5,8,12-13H2,1-4,6H3,(H,22,23). The number of amidine groups is 1. The first-order valence-corrected chi connectivity index (χ1v) is 10.9. The lowest BCUT2D eigenvalue weighted by Gasteiger charge is -2.17. The van der Waals surface area contributed by atoms with E-state index >= 15 is 0 Å². The summed E-state index contributed by atoms with van der Waals surface area (Å²) in [5.41, 5.74) is 2.47. The van der Waals surface area contributed by atoms with Gasteiger partial charge in [0.1, 0.15) is 23.1 Å². The van der Waals surface area contributed by atoms with Crippen LogP contribution in [0.25, 0.3) is 5.70 Å². The van der Waals surface area contributed by atoms with Crippen molar-refractivity contribution in [3.63, 3.8) is 0 Å². The molecule has 0 saturated heterocycles. The number of rotatable bonds is 9. The molecule has 0 saturated carbocycles. The van der Waals surface area contributed by atoms with Gasteiger partial charge in [0.2, 0.25) is 0 Å². The Morgan fingerprint density at radius 1 is 1.26 bits per heavy atom. The Hall–Kier alpha value is -1.92. The van der Waals surface area contributed by atoms with Crippen LogP contribution in [0.3, 0.4) is 0 Å². The first kappa shape index (κ1) is 21.4. The molecule has 2 rings (SSSR count). The third kappa shape index (κ3) is 7.31. The molecule has 1 unspecified atom stereocenters. The summed E-state index contributed by atoms with van der Waals surface area (Å²) < 4.78 is 23.1. The van der Waals surface area contributed by atoms with Crippen LogP contribution in [0.2, 0.25) is 0 Å². The van der Waals surface area contributed by atoms with E-state index in [2.05, 4.69) is 30.7 Å². The second-order valence-corrected chi connectivity index (χ2v) is 8.78. The Morgan fingerprint density at radius 2 is 1.96 bits per heavy atom. The lowest BCUT2D eigenvalue weighted by molar-refractivity contribution is 0.237. The highest BCUT2D eigenvalue weighted by Crippen LogP contribution is 2.27. The van der Waals surface area contributed by atoms with E-state index in [0.717, 1.165) is 34.3 Å². The van der Waals surface area contributed by atoms with Gasteiger partial charge in [-0.25, -0.2) is 4.99 Å². The zero-order valence-electron chi connectivity index (χ0n) is 16.9. The minimum atomic E-state index is -0.896. The summed E-state index contributed by atoms with van der Waals surface area (Å²) in [5.74, 6) is 3.22. The molecule has 0 aromatic heterocycles. The Kier molecular flexibility index (Phi) is 7.80. The van der Waals surface area contributed by atoms with Crippen LogP contribution in [0.4, 0.5) is 0 Å². The summed E-state index contributed by atoms with van der Waals surface area (Å²) in [6.07, 6.45) is 4.43. The maximum absolute atomic E-state index is 11.4. The van der Waals surface area contributed by atoms with Crippen molar-refractivity contribution in [2.45, 2.75) is 40.2 Å². The fraction of sp³-hybridized carbons (Fsp3) is 0.476. The maximum Gasteiger partial charge on any atom is 0.146 e. The van der Waals surface area contributed by atoms with Gasteiger partial charge in [-0.2, -0.15) is 0 Å². The normalized spacial score (nSPS) is 14.8. The van der Waals surface area contributed by atoms with Crippen LogP contribution < -0.4 is 14.8 Å². The second-order valence-electron chi connectivity index (χ2n) is 7.34. The van der Waals surface area contributed by atoms with Gasteiger partial charge in [-0.05, 0) is 31.9 Å². The Bertz CT molecular complexity index is 724. The number of benzene rings is 1. The predicted octanol–water partition coefficient (Wildman–Crippen LogP) is 4.13. The van der Waals surface area contributed by atoms with E-state index in [-0.39, 0.29) is 6.10 Å². The van der Waals surface area contributed by atoms with E-state index in [4.69, 9.17) is 9.47 Å². The van der Waals surface area contributed by atoms with Crippen LogP contribution in [0.5, 0.6) is 11.5 Å². The topological polar surface area (TPSA) is 65.9 Å². The Labute approximate surface area is 165 Å². The molecule has 0 amide bonds. The van der Waals surface area contributed by atoms with Gasteiger partial charge in [0, 0.05) is 23.7 Å². The Balaban J connectivity index is 2.13. The van der Waals surface area contributed by atoms with Crippen molar-refractivity contribution < 1.29 is 14.0 Å². The van der Waals surface area contributed by atoms with E-state index in [1.807, 2.05) is 38.1 Å². The van der Waals surface area contributed by atoms with Crippen LogP contribution in [-0.4, -0.2) is 35.1 Å². The molecule has 5 nitrogen and oxygen atoms in total. The van der Waals surface area contributed by atoms with Gasteiger partial charge in [-0.3, -0.25) is 0 Å². The van der Waals surface area contributed by atoms with Gasteiger partial charge >= 0.3 is 0 Å². The molecule has 0 bridgehead atoms. The molecule has 27 heavy (non-hydrogen) atoms. The number of hydrogen-bond donors (Lipinski definition) is 1. The summed E-state index contributed by atoms with van der Waals surface area (Å²) in [6, 6.07) is 5.81. The second kappa shape index (κ2) is 9.85. The van der Waals surface area contributed by atoms with Crippen molar-refractivity contribution in [2.75, 3.05) is 18.6 Å². The molecule has 0 fully saturated rings. The molecule has 6 heteroatoms. The monoisotopic (exact) mass is 390 g/mol. The van der Waals surface area contributed by atoms with E-state index in [9.17, 15) is 4.55 Å². The van der Waals surface area contributed by atoms with Gasteiger partial charge in [-0.15, -0.1) is 0 Å². The minimum absolute atomic E-state index is 0.0697. The third-order valence-corrected chi connectivity index (χ3v) is 4.34. The average Bonchev–Trinajstić information content (AvgIpc) is 2.98. The lowest BCUT2D eigenvalue weighted by Crippen LogP contribution is -2.19. The minimum Gasteiger partial charge on any atom is -0.616 e. The molecule has 1 N–H and O–H groups in total. The van der Waals surface area contributed by atoms with Crippen LogP contribution in [0.1, 0.15) is 39.7 Å². The van der Waals surface area contributed by atoms with Crippen LogP contribution in [-0.2, 0) is 11.2 Å². The number of nitrogens with one attached hydrogen (secondary N) is 1. The zero-order chi connectivity index (χ0) is 20.0. The van der Waals surface area contributed by atoms with Crippen LogP contribution in [0.15, 0.2) is 41.5 Å². The smallest absolute Gasteiger partial charge is 0.146 e. The highest BCUT2D eigenvalue weighted by molar-refractivity contribution is 7.90. The quantitative estimate of drug-likeness (QED) is 0.644. The van der Waals surface area contributed by atoms with E-state index in [1.54, 1.807) is 6.26 Å². The van der Waals surface area contributed by atoms with E-state index in [0.29, 0.717) is 24.7 Å². The first-order chi connectivity index (χ1) is 12.7. The number of aliphatic imine (C=N–C) groups is 1. The molecule has 1 heterocycles. The number of hydrogen-bond acceptors (Lipinski definition) is 5. The fourth-order valence-electron chi connectivity index (χ4n) is 2.54. The van der Waals surface area contributed by atoms with Crippen LogP contribution in [0, 0.1) is 5.92 Å². The van der Waals surface area contributed by atoms with Crippen molar-refractivity contribution in [1.29, 1.82) is 0 Å². The molecule has 0 spiro atoms. The zero-order valence-corrected chi connectivity index (χ0v) is 17.7. The molecule has 1 aliphatic heterocycles. The average molecular weight is 391 g/mol. The summed E-state index contributed by atoms with van der Waals surface area (Å²) >= 11 is -0.896. The summed E-state index contributed by atoms with van der Waals surface area (Å²) in [4.78, 5) is 4.50. The molecule has 1 aliphatic rings. The number of nitrogens with zero attached hydrogens (tertiary/aromatic N) is 1. The molecular formula is C21H30N2O3S. The highest BCUT2D eigenvalue weighted by Gasteiger charge is 2.14. The molecule has 0 radical (unpaired) electrons. The van der Waals surface area contributed by atoms with Crippen molar-refractivity contribution in [3.05, 3.63) is 42.1 Å². The largest absolute Gasteiger partial charge is 0.616 e. The summed E-state index contributed by atoms with van der Waals surface area (Å²) in [7, 11) is 0. The van der Waals surface area contributed by atoms with Gasteiger partial charge in [-0.1, -0.05) is 37.7 Å². The summed E-state index contributed by atoms with van der Waals surface area (Å²) in [5, 5.41) is 3.26. The molecule has 1 atom stereocenters. The SMILES string of the molecule is C=C(NC1=NC(C[S+](C)[O-])=CC1)c1cc(OCC(C)C)cc(OC(C)C)c1. The van der Waals surface area contributed by atoms with E-state index in [1.165, 1.54) is 0 Å². The van der Waals surface area contributed by atoms with Gasteiger partial charge in [0.25, 0.3) is 0 Å². The van der Waals surface area contributed by atoms with Crippen molar-refractivity contribution in [1.82, 2.24) is 5.32 Å². The molecule has 148 valence electrons. The first-order valence-electron chi connectivity index (χ1n) is 9.20. The van der Waals surface area contributed by atoms with Crippen molar-refractivity contribution in [2.24, 2.45) is 10.9 Å². The van der Waals surface area contributed by atoms with Gasteiger partial charge in [0.15, 0.2) is 0 Å². The van der Waals surface area contributed by atoms with Crippen LogP contribution >= 0.6 is 0 Å². The Morgan fingerprint density at radius 3 is 2.59 bits per heavy atom. The summed E-state index contributed by atoms with van der Waals surface area (Å²) in [6.45, 7) is 13.0. The molecule has 0 aliphatic carbocycles. The van der Waals surface area contributed by atoms with Crippen molar-refractivity contribution >= 4 is 22.7 Å². The molecular weight excluding hydrogens is 360 g/mol. The van der Waals surface area contributed by atoms with Gasteiger partial charge < -0.3 is 19.3 Å². The lowest BCUT2D eigenvalue weighted by atomic mass is 10.1. The fourth-order valence-corrected chi connectivity index (χ4v) is 3.14. The number of ether oxygens (including phenoxy) is 2. The molecule has 1 aromatic carbocycles. The maximum atomic E-state index is 11.4. The highest BCUT2D eigenvalue weighted by atomic mass is 32.2. The predicted molar refractivity (Wildman–Crippen MR) is 114 cm³/mol. The third-order valence-electron chi connectivity index (χ3n) is 3.64. The van der Waals surface area contributed by atoms with Gasteiger partial charge in [0.05, 0.1) is 24.7 Å². The molecule has 1 aromatic rings. The van der Waals surface area contributed by atoms with Crippen molar-refractivity contribution in [3.8, 4) is 11.5 Å².